The van der Waals surface area contributed by atoms with E-state index in [1.165, 1.54) is 12.8 Å². The minimum absolute atomic E-state index is 0.322. The predicted octanol–water partition coefficient (Wildman–Crippen LogP) is 3.14. The number of alkyl carbamates (subject to hydrolysis) is 1. The molecule has 0 radical (unpaired) electrons. The maximum absolute atomic E-state index is 11.8. The standard InChI is InChI=1S/C18H37N3O2/c1-7-8-16(13-19-17(22)23-18(4,5)6)20-15-9-11-21(12-10-15)14(2)3/h14-16,20H,7-13H2,1-6H3,(H,19,22). The van der Waals surface area contributed by atoms with Gasteiger partial charge in [-0.3, -0.25) is 0 Å². The Morgan fingerprint density at radius 2 is 1.87 bits per heavy atom. The summed E-state index contributed by atoms with van der Waals surface area (Å²) in [6, 6.07) is 1.52. The number of piperidine rings is 1. The highest BCUT2D eigenvalue weighted by Gasteiger charge is 2.23. The van der Waals surface area contributed by atoms with Gasteiger partial charge in [0.1, 0.15) is 5.60 Å². The van der Waals surface area contributed by atoms with E-state index in [-0.39, 0.29) is 6.09 Å². The second kappa shape index (κ2) is 9.48. The number of nitrogens with one attached hydrogen (secondary N) is 2. The average molecular weight is 328 g/mol. The molecule has 23 heavy (non-hydrogen) atoms. The maximum Gasteiger partial charge on any atom is 0.407 e. The minimum Gasteiger partial charge on any atom is -0.444 e. The molecule has 1 aliphatic rings. The van der Waals surface area contributed by atoms with Crippen molar-refractivity contribution in [3.8, 4) is 0 Å². The Kier molecular flexibility index (Phi) is 8.34. The van der Waals surface area contributed by atoms with Gasteiger partial charge in [-0.2, -0.15) is 0 Å². The number of hydrogen-bond acceptors (Lipinski definition) is 4. The highest BCUT2D eigenvalue weighted by molar-refractivity contribution is 5.67. The summed E-state index contributed by atoms with van der Waals surface area (Å²) in [5, 5.41) is 6.64. The van der Waals surface area contributed by atoms with Crippen LogP contribution in [0.2, 0.25) is 0 Å². The normalized spacial score (nSPS) is 18.9. The Bertz CT molecular complexity index is 345. The van der Waals surface area contributed by atoms with Gasteiger partial charge in [-0.15, -0.1) is 0 Å². The van der Waals surface area contributed by atoms with Crippen LogP contribution in [0, 0.1) is 0 Å². The number of nitrogens with zero attached hydrogens (tertiary/aromatic N) is 1. The van der Waals surface area contributed by atoms with Crippen LogP contribution in [0.15, 0.2) is 0 Å². The van der Waals surface area contributed by atoms with Gasteiger partial charge in [0.15, 0.2) is 0 Å². The molecule has 0 aliphatic carbocycles. The third-order valence-corrected chi connectivity index (χ3v) is 4.26. The van der Waals surface area contributed by atoms with Crippen molar-refractivity contribution in [3.05, 3.63) is 0 Å². The first-order valence-electron chi connectivity index (χ1n) is 9.18. The Morgan fingerprint density at radius 1 is 1.26 bits per heavy atom. The molecule has 1 rings (SSSR count). The van der Waals surface area contributed by atoms with Gasteiger partial charge in [-0.05, 0) is 67.0 Å². The molecule has 0 aromatic carbocycles. The number of rotatable bonds is 7. The smallest absolute Gasteiger partial charge is 0.407 e. The van der Waals surface area contributed by atoms with Crippen molar-refractivity contribution in [3.63, 3.8) is 0 Å². The van der Waals surface area contributed by atoms with Crippen molar-refractivity contribution in [2.75, 3.05) is 19.6 Å². The minimum atomic E-state index is -0.443. The van der Waals surface area contributed by atoms with Crippen molar-refractivity contribution < 1.29 is 9.53 Å². The van der Waals surface area contributed by atoms with Gasteiger partial charge in [0.2, 0.25) is 0 Å². The van der Waals surface area contributed by atoms with Crippen molar-refractivity contribution >= 4 is 6.09 Å². The molecule has 1 unspecified atom stereocenters. The SMILES string of the molecule is CCCC(CNC(=O)OC(C)(C)C)NC1CCN(C(C)C)CC1. The molecular weight excluding hydrogens is 290 g/mol. The fourth-order valence-electron chi connectivity index (χ4n) is 3.03. The van der Waals surface area contributed by atoms with E-state index >= 15 is 0 Å². The third-order valence-electron chi connectivity index (χ3n) is 4.26. The summed E-state index contributed by atoms with van der Waals surface area (Å²) in [6.45, 7) is 15.3. The van der Waals surface area contributed by atoms with Crippen molar-refractivity contribution in [2.45, 2.75) is 91.0 Å². The summed E-state index contributed by atoms with van der Waals surface area (Å²) in [7, 11) is 0. The summed E-state index contributed by atoms with van der Waals surface area (Å²) in [4.78, 5) is 14.3. The van der Waals surface area contributed by atoms with Crippen LogP contribution < -0.4 is 10.6 Å². The number of hydrogen-bond donors (Lipinski definition) is 2. The first kappa shape index (κ1) is 20.2. The van der Waals surface area contributed by atoms with Crippen molar-refractivity contribution in [1.29, 1.82) is 0 Å². The fourth-order valence-corrected chi connectivity index (χ4v) is 3.03. The lowest BCUT2D eigenvalue weighted by atomic mass is 10.0. The molecule has 136 valence electrons. The lowest BCUT2D eigenvalue weighted by molar-refractivity contribution is 0.0519. The van der Waals surface area contributed by atoms with Gasteiger partial charge in [-0.25, -0.2) is 4.79 Å². The molecule has 0 saturated carbocycles. The molecule has 1 fully saturated rings. The van der Waals surface area contributed by atoms with E-state index in [0.29, 0.717) is 24.7 Å². The highest BCUT2D eigenvalue weighted by atomic mass is 16.6. The Balaban J connectivity index is 2.36. The molecule has 1 amide bonds. The number of carbonyl (C=O) groups excluding carboxylic acids is 1. The van der Waals surface area contributed by atoms with Gasteiger partial charge in [0.25, 0.3) is 0 Å². The monoisotopic (exact) mass is 327 g/mol. The van der Waals surface area contributed by atoms with Crippen molar-refractivity contribution in [1.82, 2.24) is 15.5 Å². The lowest BCUT2D eigenvalue weighted by Gasteiger charge is -2.36. The molecule has 0 aromatic rings. The predicted molar refractivity (Wildman–Crippen MR) is 95.8 cm³/mol. The fraction of sp³-hybridized carbons (Fsp3) is 0.944. The van der Waals surface area contributed by atoms with Crippen LogP contribution in [-0.2, 0) is 4.74 Å². The molecule has 2 N–H and O–H groups in total. The van der Waals surface area contributed by atoms with Crippen LogP contribution in [0.1, 0.15) is 67.2 Å². The molecule has 0 bridgehead atoms. The Labute approximate surface area is 142 Å². The molecule has 0 spiro atoms. The first-order valence-corrected chi connectivity index (χ1v) is 9.18. The van der Waals surface area contributed by atoms with Crippen LogP contribution >= 0.6 is 0 Å². The lowest BCUT2D eigenvalue weighted by Crippen LogP contribution is -2.51. The summed E-state index contributed by atoms with van der Waals surface area (Å²) in [5.74, 6) is 0. The van der Waals surface area contributed by atoms with Crippen molar-refractivity contribution in [2.24, 2.45) is 0 Å². The van der Waals surface area contributed by atoms with E-state index in [4.69, 9.17) is 4.74 Å². The molecule has 0 aromatic heterocycles. The first-order chi connectivity index (χ1) is 10.7. The zero-order valence-electron chi connectivity index (χ0n) is 15.9. The number of ether oxygens (including phenoxy) is 1. The van der Waals surface area contributed by atoms with Crippen LogP contribution in [0.3, 0.4) is 0 Å². The number of likely N-dealkylation sites (tertiary alicyclic amines) is 1. The van der Waals surface area contributed by atoms with E-state index in [9.17, 15) is 4.79 Å². The van der Waals surface area contributed by atoms with E-state index in [0.717, 1.165) is 25.9 Å². The quantitative estimate of drug-likeness (QED) is 0.754. The van der Waals surface area contributed by atoms with E-state index in [2.05, 4.69) is 36.3 Å². The number of carbonyl (C=O) groups is 1. The molecule has 5 nitrogen and oxygen atoms in total. The van der Waals surface area contributed by atoms with E-state index in [1.54, 1.807) is 0 Å². The van der Waals surface area contributed by atoms with Crippen LogP contribution in [0.25, 0.3) is 0 Å². The van der Waals surface area contributed by atoms with E-state index in [1.807, 2.05) is 20.8 Å². The molecule has 1 saturated heterocycles. The molecule has 1 atom stereocenters. The Hall–Kier alpha value is -0.810. The molecule has 1 heterocycles. The second-order valence-corrected chi connectivity index (χ2v) is 7.94. The second-order valence-electron chi connectivity index (χ2n) is 7.94. The van der Waals surface area contributed by atoms with Gasteiger partial charge in [0, 0.05) is 24.7 Å². The van der Waals surface area contributed by atoms with Gasteiger partial charge < -0.3 is 20.3 Å². The molecule has 1 aliphatic heterocycles. The maximum atomic E-state index is 11.8. The summed E-state index contributed by atoms with van der Waals surface area (Å²) in [6.07, 6.45) is 4.23. The number of amides is 1. The Morgan fingerprint density at radius 3 is 2.35 bits per heavy atom. The molecular formula is C18H37N3O2. The molecule has 5 heteroatoms. The van der Waals surface area contributed by atoms with Crippen LogP contribution in [0.4, 0.5) is 4.79 Å². The van der Waals surface area contributed by atoms with Gasteiger partial charge in [-0.1, -0.05) is 13.3 Å². The summed E-state index contributed by atoms with van der Waals surface area (Å²) in [5.41, 5.74) is -0.443. The van der Waals surface area contributed by atoms with Crippen LogP contribution in [-0.4, -0.2) is 54.4 Å². The summed E-state index contributed by atoms with van der Waals surface area (Å²) < 4.78 is 5.31. The van der Waals surface area contributed by atoms with Gasteiger partial charge >= 0.3 is 6.09 Å². The van der Waals surface area contributed by atoms with Crippen LogP contribution in [0.5, 0.6) is 0 Å². The largest absolute Gasteiger partial charge is 0.444 e. The van der Waals surface area contributed by atoms with Gasteiger partial charge in [0.05, 0.1) is 0 Å². The van der Waals surface area contributed by atoms with E-state index < -0.39 is 5.60 Å². The summed E-state index contributed by atoms with van der Waals surface area (Å²) >= 11 is 0. The highest BCUT2D eigenvalue weighted by Crippen LogP contribution is 2.14. The third kappa shape index (κ3) is 8.56. The zero-order chi connectivity index (χ0) is 17.5. The topological polar surface area (TPSA) is 53.6 Å². The average Bonchev–Trinajstić information content (AvgIpc) is 2.44. The zero-order valence-corrected chi connectivity index (χ0v) is 15.9.